The first-order valence-electron chi connectivity index (χ1n) is 9.28. The maximum atomic E-state index is 12.4. The predicted molar refractivity (Wildman–Crippen MR) is 109 cm³/mol. The minimum Gasteiger partial charge on any atom is -0.508 e. The van der Waals surface area contributed by atoms with Gasteiger partial charge in [0.1, 0.15) is 17.2 Å². The van der Waals surface area contributed by atoms with Crippen molar-refractivity contribution in [3.05, 3.63) is 77.6 Å². The van der Waals surface area contributed by atoms with E-state index in [0.717, 1.165) is 0 Å². The molecule has 0 saturated carbocycles. The van der Waals surface area contributed by atoms with E-state index >= 15 is 0 Å². The van der Waals surface area contributed by atoms with Crippen molar-refractivity contribution < 1.29 is 33.6 Å². The molecule has 9 heteroatoms. The van der Waals surface area contributed by atoms with E-state index in [2.05, 4.69) is 10.1 Å². The molecule has 0 radical (unpaired) electrons. The molecule has 0 spiro atoms. The van der Waals surface area contributed by atoms with Crippen LogP contribution in [0.2, 0.25) is 0 Å². The molecule has 1 aliphatic heterocycles. The van der Waals surface area contributed by atoms with Crippen LogP contribution >= 0.6 is 0 Å². The number of hydrogen-bond donors (Lipinski definition) is 4. The lowest BCUT2D eigenvalue weighted by atomic mass is 9.98. The SMILES string of the molecule is O=C(O)c1c(C2=CC=CNC2O)c2cc(O)ccc2n1Cc1ccc(OC(F)F)cc1. The van der Waals surface area contributed by atoms with Crippen molar-refractivity contribution in [2.75, 3.05) is 0 Å². The number of rotatable bonds is 6. The predicted octanol–water partition coefficient (Wildman–Crippen LogP) is 3.51. The highest BCUT2D eigenvalue weighted by molar-refractivity contribution is 6.06. The van der Waals surface area contributed by atoms with Gasteiger partial charge in [-0.15, -0.1) is 0 Å². The van der Waals surface area contributed by atoms with Gasteiger partial charge in [-0.3, -0.25) is 0 Å². The fourth-order valence-electron chi connectivity index (χ4n) is 3.68. The number of carbonyl (C=O) groups is 1. The van der Waals surface area contributed by atoms with Crippen LogP contribution < -0.4 is 10.1 Å². The lowest BCUT2D eigenvalue weighted by molar-refractivity contribution is -0.0498. The van der Waals surface area contributed by atoms with Gasteiger partial charge in [0.2, 0.25) is 0 Å². The number of carboxylic acids is 1. The molecule has 0 aliphatic carbocycles. The number of alkyl halides is 2. The van der Waals surface area contributed by atoms with E-state index < -0.39 is 18.8 Å². The van der Waals surface area contributed by atoms with Crippen LogP contribution in [0.25, 0.3) is 16.5 Å². The molecule has 0 saturated heterocycles. The van der Waals surface area contributed by atoms with Crippen molar-refractivity contribution in [3.8, 4) is 11.5 Å². The lowest BCUT2D eigenvalue weighted by Crippen LogP contribution is -2.27. The van der Waals surface area contributed by atoms with Crippen LogP contribution in [0.15, 0.2) is 60.8 Å². The number of nitrogens with one attached hydrogen (secondary N) is 1. The molecule has 4 rings (SSSR count). The van der Waals surface area contributed by atoms with Crippen molar-refractivity contribution in [1.82, 2.24) is 9.88 Å². The van der Waals surface area contributed by atoms with Gasteiger partial charge in [0.15, 0.2) is 6.23 Å². The van der Waals surface area contributed by atoms with Crippen LogP contribution in [0.3, 0.4) is 0 Å². The summed E-state index contributed by atoms with van der Waals surface area (Å²) in [5.41, 5.74) is 1.73. The van der Waals surface area contributed by atoms with Gasteiger partial charge in [0.25, 0.3) is 0 Å². The average molecular weight is 428 g/mol. The Morgan fingerprint density at radius 2 is 1.94 bits per heavy atom. The minimum absolute atomic E-state index is 0.00599. The fourth-order valence-corrected chi connectivity index (χ4v) is 3.68. The summed E-state index contributed by atoms with van der Waals surface area (Å²) in [5, 5.41) is 33.6. The van der Waals surface area contributed by atoms with Crippen LogP contribution in [-0.2, 0) is 6.54 Å². The third-order valence-corrected chi connectivity index (χ3v) is 4.95. The van der Waals surface area contributed by atoms with Gasteiger partial charge >= 0.3 is 12.6 Å². The van der Waals surface area contributed by atoms with Gasteiger partial charge in [0, 0.05) is 28.6 Å². The lowest BCUT2D eigenvalue weighted by Gasteiger charge is -2.19. The smallest absolute Gasteiger partial charge is 0.387 e. The number of carboxylic acid groups (broad SMARTS) is 1. The number of phenols is 1. The standard InChI is InChI=1S/C22H18F2N2O5/c23-22(24)31-14-6-3-12(4-7-14)11-26-17-8-5-13(27)10-16(17)18(19(26)21(29)30)15-2-1-9-25-20(15)28/h1-10,20,22,25,27-28H,11H2,(H,29,30). The zero-order chi connectivity index (χ0) is 22.1. The molecule has 1 atom stereocenters. The molecular weight excluding hydrogens is 410 g/mol. The van der Waals surface area contributed by atoms with E-state index in [1.807, 2.05) is 0 Å². The van der Waals surface area contributed by atoms with Gasteiger partial charge in [-0.2, -0.15) is 8.78 Å². The Morgan fingerprint density at radius 1 is 1.19 bits per heavy atom. The summed E-state index contributed by atoms with van der Waals surface area (Å²) in [6, 6.07) is 10.4. The molecule has 2 heterocycles. The first kappa shape index (κ1) is 20.4. The fraction of sp³-hybridized carbons (Fsp3) is 0.136. The van der Waals surface area contributed by atoms with Gasteiger partial charge < -0.3 is 29.9 Å². The molecule has 7 nitrogen and oxygen atoms in total. The van der Waals surface area contributed by atoms with Crippen LogP contribution in [0.5, 0.6) is 11.5 Å². The van der Waals surface area contributed by atoms with E-state index in [1.54, 1.807) is 34.9 Å². The summed E-state index contributed by atoms with van der Waals surface area (Å²) >= 11 is 0. The number of allylic oxidation sites excluding steroid dienone is 2. The maximum Gasteiger partial charge on any atom is 0.387 e. The van der Waals surface area contributed by atoms with Gasteiger partial charge in [-0.25, -0.2) is 4.79 Å². The number of hydrogen-bond acceptors (Lipinski definition) is 5. The molecule has 2 aromatic carbocycles. The van der Waals surface area contributed by atoms with E-state index in [1.165, 1.54) is 30.5 Å². The second-order valence-electron chi connectivity index (χ2n) is 6.89. The Morgan fingerprint density at radius 3 is 2.58 bits per heavy atom. The highest BCUT2D eigenvalue weighted by atomic mass is 19.3. The number of fused-ring (bicyclic) bond motifs is 1. The zero-order valence-electron chi connectivity index (χ0n) is 16.0. The molecule has 0 amide bonds. The van der Waals surface area contributed by atoms with E-state index in [-0.39, 0.29) is 29.3 Å². The number of aliphatic hydroxyl groups excluding tert-OH is 1. The molecule has 1 aromatic heterocycles. The van der Waals surface area contributed by atoms with Crippen molar-refractivity contribution in [1.29, 1.82) is 0 Å². The van der Waals surface area contributed by atoms with Crippen molar-refractivity contribution in [2.45, 2.75) is 19.4 Å². The Kier molecular flexibility index (Phi) is 5.35. The molecular formula is C22H18F2N2O5. The first-order chi connectivity index (χ1) is 14.8. The van der Waals surface area contributed by atoms with Crippen molar-refractivity contribution in [3.63, 3.8) is 0 Å². The summed E-state index contributed by atoms with van der Waals surface area (Å²) in [7, 11) is 0. The third kappa shape index (κ3) is 3.95. The molecule has 160 valence electrons. The Labute approximate surface area is 175 Å². The Hall–Kier alpha value is -3.85. The second-order valence-corrected chi connectivity index (χ2v) is 6.89. The average Bonchev–Trinajstić information content (AvgIpc) is 3.03. The number of phenolic OH excluding ortho intramolecular Hbond substituents is 1. The summed E-state index contributed by atoms with van der Waals surface area (Å²) in [6.07, 6.45) is 3.65. The summed E-state index contributed by atoms with van der Waals surface area (Å²) in [4.78, 5) is 12.3. The Bertz CT molecular complexity index is 1200. The van der Waals surface area contributed by atoms with Gasteiger partial charge in [-0.05, 0) is 48.2 Å². The monoisotopic (exact) mass is 428 g/mol. The van der Waals surface area contributed by atoms with Crippen LogP contribution in [0.4, 0.5) is 8.78 Å². The molecule has 31 heavy (non-hydrogen) atoms. The number of aromatic hydroxyl groups is 1. The highest BCUT2D eigenvalue weighted by Crippen LogP contribution is 2.36. The van der Waals surface area contributed by atoms with E-state index in [4.69, 9.17) is 0 Å². The summed E-state index contributed by atoms with van der Waals surface area (Å²) in [5.74, 6) is -1.27. The quantitative estimate of drug-likeness (QED) is 0.479. The molecule has 0 bridgehead atoms. The third-order valence-electron chi connectivity index (χ3n) is 4.95. The number of aromatic nitrogens is 1. The number of nitrogens with zero attached hydrogens (tertiary/aromatic N) is 1. The Balaban J connectivity index is 1.87. The normalized spacial score (nSPS) is 15.7. The first-order valence-corrected chi connectivity index (χ1v) is 9.28. The second kappa shape index (κ2) is 8.11. The van der Waals surface area contributed by atoms with Crippen LogP contribution in [0, 0.1) is 0 Å². The molecule has 0 fully saturated rings. The molecule has 1 unspecified atom stereocenters. The van der Waals surface area contributed by atoms with Crippen LogP contribution in [0.1, 0.15) is 21.6 Å². The van der Waals surface area contributed by atoms with E-state index in [9.17, 15) is 28.9 Å². The number of halogens is 2. The molecule has 1 aliphatic rings. The van der Waals surface area contributed by atoms with Gasteiger partial charge in [0.05, 0.1) is 0 Å². The van der Waals surface area contributed by atoms with Crippen LogP contribution in [-0.4, -0.2) is 38.7 Å². The number of aliphatic hydroxyl groups is 1. The van der Waals surface area contributed by atoms with Crippen molar-refractivity contribution in [2.24, 2.45) is 0 Å². The topological polar surface area (TPSA) is 104 Å². The largest absolute Gasteiger partial charge is 0.508 e. The number of aromatic carboxylic acids is 1. The zero-order valence-corrected chi connectivity index (χ0v) is 16.0. The highest BCUT2D eigenvalue weighted by Gasteiger charge is 2.28. The number of ether oxygens (including phenoxy) is 1. The summed E-state index contributed by atoms with van der Waals surface area (Å²) < 4.78 is 30.7. The number of benzene rings is 2. The molecule has 4 N–H and O–H groups in total. The minimum atomic E-state index is -2.94. The van der Waals surface area contributed by atoms with Gasteiger partial charge in [-0.1, -0.05) is 18.2 Å². The maximum absolute atomic E-state index is 12.4. The molecule has 3 aromatic rings. The van der Waals surface area contributed by atoms with Crippen molar-refractivity contribution >= 4 is 22.4 Å². The van der Waals surface area contributed by atoms with E-state index in [0.29, 0.717) is 22.0 Å². The summed E-state index contributed by atoms with van der Waals surface area (Å²) in [6.45, 7) is -2.82. The number of dihydropyridines is 1.